The Kier molecular flexibility index (Phi) is 6.51. The van der Waals surface area contributed by atoms with E-state index < -0.39 is 9.84 Å². The summed E-state index contributed by atoms with van der Waals surface area (Å²) >= 11 is 0. The second kappa shape index (κ2) is 9.50. The molecule has 4 aromatic rings. The van der Waals surface area contributed by atoms with Gasteiger partial charge in [-0.25, -0.2) is 8.42 Å². The molecule has 0 saturated carbocycles. The van der Waals surface area contributed by atoms with Gasteiger partial charge in [-0.15, -0.1) is 0 Å². The predicted molar refractivity (Wildman–Crippen MR) is 128 cm³/mol. The Balaban J connectivity index is 1.65. The van der Waals surface area contributed by atoms with Crippen molar-refractivity contribution < 1.29 is 17.6 Å². The van der Waals surface area contributed by atoms with Gasteiger partial charge in [-0.1, -0.05) is 42.0 Å². The van der Waals surface area contributed by atoms with E-state index in [1.807, 2.05) is 68.4 Å². The molecule has 0 aliphatic heterocycles. The lowest BCUT2D eigenvalue weighted by Crippen LogP contribution is -2.10. The van der Waals surface area contributed by atoms with Crippen molar-refractivity contribution in [1.82, 2.24) is 4.98 Å². The van der Waals surface area contributed by atoms with E-state index in [2.05, 4.69) is 10.3 Å². The minimum Gasteiger partial charge on any atom is -0.497 e. The zero-order valence-electron chi connectivity index (χ0n) is 18.8. The number of oxazole rings is 1. The van der Waals surface area contributed by atoms with E-state index in [1.165, 1.54) is 0 Å². The maximum Gasteiger partial charge on any atom is 0.233 e. The van der Waals surface area contributed by atoms with Crippen molar-refractivity contribution in [2.24, 2.45) is 0 Å². The monoisotopic (exact) mass is 462 g/mol. The van der Waals surface area contributed by atoms with Gasteiger partial charge in [0.05, 0.1) is 12.0 Å². The number of hydrogen-bond donors (Lipinski definition) is 1. The van der Waals surface area contributed by atoms with Gasteiger partial charge in [0.25, 0.3) is 0 Å². The summed E-state index contributed by atoms with van der Waals surface area (Å²) in [6.45, 7) is 4.32. The molecule has 4 rings (SSSR count). The topological polar surface area (TPSA) is 81.4 Å². The minimum absolute atomic E-state index is 0.113. The zero-order chi connectivity index (χ0) is 23.4. The number of nitrogens with zero attached hydrogens (tertiary/aromatic N) is 1. The van der Waals surface area contributed by atoms with Gasteiger partial charge in [-0.05, 0) is 67.8 Å². The molecule has 0 saturated heterocycles. The van der Waals surface area contributed by atoms with Gasteiger partial charge in [-0.2, -0.15) is 4.98 Å². The Morgan fingerprint density at radius 3 is 2.33 bits per heavy atom. The molecular weight excluding hydrogens is 436 g/mol. The lowest BCUT2D eigenvalue weighted by Gasteiger charge is -2.07. The van der Waals surface area contributed by atoms with Crippen LogP contribution < -0.4 is 10.1 Å². The second-order valence-electron chi connectivity index (χ2n) is 7.86. The number of hydrogen-bond acceptors (Lipinski definition) is 6. The molecule has 0 spiro atoms. The van der Waals surface area contributed by atoms with Crippen LogP contribution >= 0.6 is 0 Å². The highest BCUT2D eigenvalue weighted by Crippen LogP contribution is 2.32. The molecule has 0 radical (unpaired) electrons. The van der Waals surface area contributed by atoms with Gasteiger partial charge in [0.1, 0.15) is 5.75 Å². The van der Waals surface area contributed by atoms with Crippen LogP contribution in [0.3, 0.4) is 0 Å². The molecule has 1 heterocycles. The number of aromatic nitrogens is 1. The quantitative estimate of drug-likeness (QED) is 0.375. The first-order chi connectivity index (χ1) is 15.9. The van der Waals surface area contributed by atoms with Crippen molar-refractivity contribution in [2.45, 2.75) is 30.2 Å². The third-order valence-electron chi connectivity index (χ3n) is 5.31. The molecule has 6 nitrogen and oxygen atoms in total. The Bertz CT molecular complexity index is 1340. The first-order valence-corrected chi connectivity index (χ1v) is 12.1. The fourth-order valence-electron chi connectivity index (χ4n) is 3.43. The molecule has 1 N–H and O–H groups in total. The van der Waals surface area contributed by atoms with Crippen LogP contribution in [0.1, 0.15) is 16.7 Å². The molecule has 0 bridgehead atoms. The van der Waals surface area contributed by atoms with Crippen molar-refractivity contribution in [1.29, 1.82) is 0 Å². The number of rotatable bonds is 8. The van der Waals surface area contributed by atoms with E-state index in [1.54, 1.807) is 25.3 Å². The van der Waals surface area contributed by atoms with E-state index in [0.717, 1.165) is 22.4 Å². The van der Waals surface area contributed by atoms with Crippen LogP contribution in [0.2, 0.25) is 0 Å². The van der Waals surface area contributed by atoms with Crippen molar-refractivity contribution in [3.8, 4) is 17.2 Å². The van der Waals surface area contributed by atoms with E-state index >= 15 is 0 Å². The molecule has 7 heteroatoms. The van der Waals surface area contributed by atoms with Gasteiger partial charge in [-0.3, -0.25) is 0 Å². The minimum atomic E-state index is -3.88. The summed E-state index contributed by atoms with van der Waals surface area (Å²) in [6.07, 6.45) is 0.675. The average Bonchev–Trinajstić information content (AvgIpc) is 3.25. The largest absolute Gasteiger partial charge is 0.497 e. The summed E-state index contributed by atoms with van der Waals surface area (Å²) in [7, 11) is -2.25. The fraction of sp³-hybridized carbons (Fsp3) is 0.192. The van der Waals surface area contributed by atoms with E-state index in [0.29, 0.717) is 18.5 Å². The normalized spacial score (nSPS) is 11.4. The van der Waals surface area contributed by atoms with Crippen LogP contribution in [0, 0.1) is 13.8 Å². The van der Waals surface area contributed by atoms with Crippen LogP contribution in [0.15, 0.2) is 87.1 Å². The van der Waals surface area contributed by atoms with E-state index in [4.69, 9.17) is 9.15 Å². The molecule has 0 aliphatic rings. The highest BCUT2D eigenvalue weighted by molar-refractivity contribution is 7.91. The van der Waals surface area contributed by atoms with Crippen molar-refractivity contribution in [2.75, 3.05) is 19.0 Å². The predicted octanol–water partition coefficient (Wildman–Crippen LogP) is 5.45. The third-order valence-corrected chi connectivity index (χ3v) is 6.97. The van der Waals surface area contributed by atoms with Crippen molar-refractivity contribution >= 4 is 15.7 Å². The highest BCUT2D eigenvalue weighted by Gasteiger charge is 2.28. The summed E-state index contributed by atoms with van der Waals surface area (Å²) in [5.74, 6) is 1.19. The molecule has 0 atom stereocenters. The van der Waals surface area contributed by atoms with Crippen molar-refractivity contribution in [3.63, 3.8) is 0 Å². The van der Waals surface area contributed by atoms with E-state index in [9.17, 15) is 8.42 Å². The Hall–Kier alpha value is -3.58. The lowest BCUT2D eigenvalue weighted by molar-refractivity contribution is 0.414. The summed E-state index contributed by atoms with van der Waals surface area (Å²) in [5.41, 5.74) is 3.75. The summed E-state index contributed by atoms with van der Waals surface area (Å²) in [5, 5.41) is 3.03. The zero-order valence-corrected chi connectivity index (χ0v) is 19.6. The van der Waals surface area contributed by atoms with Crippen LogP contribution in [-0.2, 0) is 16.3 Å². The van der Waals surface area contributed by atoms with Crippen molar-refractivity contribution in [3.05, 3.63) is 89.5 Å². The first kappa shape index (κ1) is 22.6. The molecular formula is C26H26N2O4S. The SMILES string of the molecule is COc1ccc(CCNc2oc(-c3ccc(C)cc3)nc2S(=O)(=O)c2cccc(C)c2)cc1. The number of anilines is 1. The maximum absolute atomic E-state index is 13.4. The van der Waals surface area contributed by atoms with Gasteiger partial charge < -0.3 is 14.5 Å². The van der Waals surface area contributed by atoms with Crippen LogP contribution in [0.4, 0.5) is 5.88 Å². The maximum atomic E-state index is 13.4. The number of ether oxygens (including phenoxy) is 1. The standard InChI is InChI=1S/C26H26N2O4S/c1-18-7-11-21(12-8-18)24-28-26(33(29,30)23-6-4-5-19(2)17-23)25(32-24)27-16-15-20-9-13-22(31-3)14-10-20/h4-14,17,27H,15-16H2,1-3H3. The molecule has 1 aromatic heterocycles. The Morgan fingerprint density at radius 2 is 1.67 bits per heavy atom. The second-order valence-corrected chi connectivity index (χ2v) is 9.73. The number of nitrogens with one attached hydrogen (secondary N) is 1. The van der Waals surface area contributed by atoms with E-state index in [-0.39, 0.29) is 21.7 Å². The summed E-state index contributed by atoms with van der Waals surface area (Å²) in [4.78, 5) is 4.59. The molecule has 0 aliphatic carbocycles. The first-order valence-electron chi connectivity index (χ1n) is 10.6. The molecule has 0 unspecified atom stereocenters. The van der Waals surface area contributed by atoms with Crippen LogP contribution in [0.25, 0.3) is 11.5 Å². The van der Waals surface area contributed by atoms with Crippen LogP contribution in [-0.4, -0.2) is 27.1 Å². The number of methoxy groups -OCH3 is 1. The summed E-state index contributed by atoms with van der Waals surface area (Å²) in [6, 6.07) is 22.1. The number of benzene rings is 3. The molecule has 0 amide bonds. The highest BCUT2D eigenvalue weighted by atomic mass is 32.2. The smallest absolute Gasteiger partial charge is 0.233 e. The molecule has 33 heavy (non-hydrogen) atoms. The molecule has 170 valence electrons. The fourth-order valence-corrected chi connectivity index (χ4v) is 4.81. The molecule has 0 fully saturated rings. The van der Waals surface area contributed by atoms with Gasteiger partial charge >= 0.3 is 0 Å². The average molecular weight is 463 g/mol. The Labute approximate surface area is 194 Å². The Morgan fingerprint density at radius 1 is 0.939 bits per heavy atom. The molecule has 3 aromatic carbocycles. The third kappa shape index (κ3) is 5.09. The van der Waals surface area contributed by atoms with Gasteiger partial charge in [0.2, 0.25) is 26.6 Å². The van der Waals surface area contributed by atoms with Gasteiger partial charge in [0.15, 0.2) is 0 Å². The number of sulfone groups is 1. The lowest BCUT2D eigenvalue weighted by atomic mass is 10.1. The number of aryl methyl sites for hydroxylation is 2. The summed E-state index contributed by atoms with van der Waals surface area (Å²) < 4.78 is 38.0. The van der Waals surface area contributed by atoms with Crippen LogP contribution in [0.5, 0.6) is 5.75 Å². The van der Waals surface area contributed by atoms with Gasteiger partial charge in [0, 0.05) is 12.1 Å².